The summed E-state index contributed by atoms with van der Waals surface area (Å²) >= 11 is 3.48. The minimum absolute atomic E-state index is 0.109. The van der Waals surface area contributed by atoms with Crippen molar-refractivity contribution in [1.29, 1.82) is 0 Å². The molecule has 8 heteroatoms. The number of hydrogen-bond acceptors (Lipinski definition) is 6. The number of rotatable bonds is 6. The van der Waals surface area contributed by atoms with Crippen LogP contribution in [0, 0.1) is 0 Å². The fraction of sp³-hybridized carbons (Fsp3) is 0.267. The van der Waals surface area contributed by atoms with Crippen LogP contribution in [-0.4, -0.2) is 36.6 Å². The number of aromatic nitrogens is 2. The molecule has 1 amide bonds. The lowest BCUT2D eigenvalue weighted by atomic mass is 10.1. The number of nitrogens with one attached hydrogen (secondary N) is 1. The van der Waals surface area contributed by atoms with Gasteiger partial charge in [-0.05, 0) is 24.1 Å². The van der Waals surface area contributed by atoms with Crippen molar-refractivity contribution in [2.24, 2.45) is 0 Å². The molecule has 7 nitrogen and oxygen atoms in total. The number of anilines is 1. The number of methoxy groups -OCH3 is 2. The van der Waals surface area contributed by atoms with Crippen molar-refractivity contribution in [2.75, 3.05) is 26.5 Å². The number of halogens is 1. The molecule has 0 unspecified atom stereocenters. The van der Waals surface area contributed by atoms with Crippen molar-refractivity contribution < 1.29 is 14.3 Å². The molecule has 122 valence electrons. The largest absolute Gasteiger partial charge is 0.493 e. The first-order valence-electron chi connectivity index (χ1n) is 6.82. The molecule has 1 aromatic heterocycles. The fourth-order valence-electron chi connectivity index (χ4n) is 2.01. The van der Waals surface area contributed by atoms with Gasteiger partial charge in [0.1, 0.15) is 0 Å². The zero-order chi connectivity index (χ0) is 16.8. The summed E-state index contributed by atoms with van der Waals surface area (Å²) in [6, 6.07) is 3.70. The summed E-state index contributed by atoms with van der Waals surface area (Å²) in [5.41, 5.74) is 6.73. The number of nitrogens with zero attached hydrogens (tertiary/aromatic N) is 2. The fourth-order valence-corrected chi connectivity index (χ4v) is 2.53. The van der Waals surface area contributed by atoms with Gasteiger partial charge in [-0.3, -0.25) is 4.79 Å². The molecule has 0 aliphatic heterocycles. The summed E-state index contributed by atoms with van der Waals surface area (Å²) < 4.78 is 11.4. The maximum atomic E-state index is 12.0. The van der Waals surface area contributed by atoms with Gasteiger partial charge in [0, 0.05) is 23.4 Å². The highest BCUT2D eigenvalue weighted by molar-refractivity contribution is 9.10. The van der Waals surface area contributed by atoms with E-state index in [1.54, 1.807) is 14.2 Å². The van der Waals surface area contributed by atoms with E-state index in [1.807, 2.05) is 12.1 Å². The predicted octanol–water partition coefficient (Wildman–Crippen LogP) is 1.81. The number of carbonyl (C=O) groups excluding carboxylic acids is 1. The summed E-state index contributed by atoms with van der Waals surface area (Å²) in [4.78, 5) is 19.8. The molecule has 2 aromatic rings. The molecule has 0 atom stereocenters. The number of nitrogens with two attached hydrogens (primary N) is 1. The van der Waals surface area contributed by atoms with Gasteiger partial charge in [-0.15, -0.1) is 0 Å². The Hall–Kier alpha value is -2.35. The molecule has 0 bridgehead atoms. The van der Waals surface area contributed by atoms with Crippen molar-refractivity contribution in [3.63, 3.8) is 0 Å². The van der Waals surface area contributed by atoms with E-state index in [0.29, 0.717) is 24.5 Å². The molecule has 2 rings (SSSR count). The van der Waals surface area contributed by atoms with Crippen molar-refractivity contribution in [3.8, 4) is 11.5 Å². The summed E-state index contributed by atoms with van der Waals surface area (Å²) in [5, 5.41) is 2.77. The first kappa shape index (κ1) is 17.0. The van der Waals surface area contributed by atoms with E-state index >= 15 is 0 Å². The molecule has 0 saturated heterocycles. The number of benzene rings is 1. The molecule has 0 radical (unpaired) electrons. The Morgan fingerprint density at radius 1 is 1.22 bits per heavy atom. The first-order chi connectivity index (χ1) is 11.1. The van der Waals surface area contributed by atoms with E-state index in [1.165, 1.54) is 12.4 Å². The van der Waals surface area contributed by atoms with E-state index in [2.05, 4.69) is 31.2 Å². The van der Waals surface area contributed by atoms with Gasteiger partial charge in [0.15, 0.2) is 23.0 Å². The van der Waals surface area contributed by atoms with Crippen LogP contribution in [0.25, 0.3) is 0 Å². The van der Waals surface area contributed by atoms with Crippen LogP contribution in [0.4, 0.5) is 5.82 Å². The Bertz CT molecular complexity index is 709. The molecular weight excluding hydrogens is 364 g/mol. The third-order valence-corrected chi connectivity index (χ3v) is 3.91. The van der Waals surface area contributed by atoms with Crippen LogP contribution in [-0.2, 0) is 6.42 Å². The molecule has 1 aromatic carbocycles. The number of ether oxygens (including phenoxy) is 2. The van der Waals surface area contributed by atoms with Crippen LogP contribution in [0.15, 0.2) is 29.0 Å². The molecule has 0 spiro atoms. The second-order valence-electron chi connectivity index (χ2n) is 4.59. The zero-order valence-corrected chi connectivity index (χ0v) is 14.4. The maximum Gasteiger partial charge on any atom is 0.273 e. The van der Waals surface area contributed by atoms with E-state index in [9.17, 15) is 4.79 Å². The minimum atomic E-state index is -0.354. The van der Waals surface area contributed by atoms with Crippen LogP contribution in [0.5, 0.6) is 11.5 Å². The number of hydrogen-bond donors (Lipinski definition) is 2. The van der Waals surface area contributed by atoms with Crippen LogP contribution in [0.1, 0.15) is 16.1 Å². The third-order valence-electron chi connectivity index (χ3n) is 3.17. The monoisotopic (exact) mass is 380 g/mol. The Balaban J connectivity index is 2.01. The maximum absolute atomic E-state index is 12.0. The van der Waals surface area contributed by atoms with E-state index in [4.69, 9.17) is 15.2 Å². The number of amides is 1. The van der Waals surface area contributed by atoms with Crippen molar-refractivity contribution in [3.05, 3.63) is 40.3 Å². The molecule has 0 aliphatic carbocycles. The van der Waals surface area contributed by atoms with Gasteiger partial charge < -0.3 is 20.5 Å². The minimum Gasteiger partial charge on any atom is -0.493 e. The van der Waals surface area contributed by atoms with Crippen LogP contribution >= 0.6 is 15.9 Å². The van der Waals surface area contributed by atoms with Crippen LogP contribution in [0.3, 0.4) is 0 Å². The third kappa shape index (κ3) is 4.10. The SMILES string of the molecule is COc1cc(Br)c(CCNC(=O)c2nccnc2N)cc1OC. The molecule has 0 saturated carbocycles. The molecule has 1 heterocycles. The van der Waals surface area contributed by atoms with Gasteiger partial charge >= 0.3 is 0 Å². The smallest absolute Gasteiger partial charge is 0.273 e. The average Bonchev–Trinajstić information content (AvgIpc) is 2.56. The van der Waals surface area contributed by atoms with Crippen LogP contribution < -0.4 is 20.5 Å². The predicted molar refractivity (Wildman–Crippen MR) is 89.7 cm³/mol. The van der Waals surface area contributed by atoms with Gasteiger partial charge in [-0.2, -0.15) is 0 Å². The van der Waals surface area contributed by atoms with Crippen molar-refractivity contribution >= 4 is 27.7 Å². The lowest BCUT2D eigenvalue weighted by molar-refractivity contribution is 0.0950. The lowest BCUT2D eigenvalue weighted by Gasteiger charge is -2.12. The highest BCUT2D eigenvalue weighted by Gasteiger charge is 2.13. The Morgan fingerprint density at radius 3 is 2.52 bits per heavy atom. The normalized spacial score (nSPS) is 10.2. The summed E-state index contributed by atoms with van der Waals surface area (Å²) in [6.45, 7) is 0.420. The molecule has 23 heavy (non-hydrogen) atoms. The highest BCUT2D eigenvalue weighted by atomic mass is 79.9. The second kappa shape index (κ2) is 7.77. The highest BCUT2D eigenvalue weighted by Crippen LogP contribution is 2.33. The summed E-state index contributed by atoms with van der Waals surface area (Å²) in [7, 11) is 3.16. The Labute approximate surface area is 142 Å². The van der Waals surface area contributed by atoms with E-state index < -0.39 is 0 Å². The van der Waals surface area contributed by atoms with Crippen LogP contribution in [0.2, 0.25) is 0 Å². The zero-order valence-electron chi connectivity index (χ0n) is 12.8. The van der Waals surface area contributed by atoms with E-state index in [0.717, 1.165) is 10.0 Å². The van der Waals surface area contributed by atoms with Gasteiger partial charge in [-0.1, -0.05) is 15.9 Å². The van der Waals surface area contributed by atoms with Gasteiger partial charge in [-0.25, -0.2) is 9.97 Å². The standard InChI is InChI=1S/C15H17BrN4O3/c1-22-11-7-9(10(16)8-12(11)23-2)3-4-20-15(21)13-14(17)19-6-5-18-13/h5-8H,3-4H2,1-2H3,(H2,17,19)(H,20,21). The second-order valence-corrected chi connectivity index (χ2v) is 5.45. The van der Waals surface area contributed by atoms with Crippen molar-refractivity contribution in [2.45, 2.75) is 6.42 Å². The Kier molecular flexibility index (Phi) is 5.75. The molecule has 0 fully saturated rings. The average molecular weight is 381 g/mol. The lowest BCUT2D eigenvalue weighted by Crippen LogP contribution is -2.27. The Morgan fingerprint density at radius 2 is 1.87 bits per heavy atom. The first-order valence-corrected chi connectivity index (χ1v) is 7.61. The van der Waals surface area contributed by atoms with Gasteiger partial charge in [0.2, 0.25) is 0 Å². The molecule has 0 aliphatic rings. The van der Waals surface area contributed by atoms with Gasteiger partial charge in [0.25, 0.3) is 5.91 Å². The van der Waals surface area contributed by atoms with E-state index in [-0.39, 0.29) is 17.4 Å². The quantitative estimate of drug-likeness (QED) is 0.792. The topological polar surface area (TPSA) is 99.4 Å². The number of nitrogen functional groups attached to an aromatic ring is 1. The van der Waals surface area contributed by atoms with Gasteiger partial charge in [0.05, 0.1) is 14.2 Å². The molecular formula is C15H17BrN4O3. The number of carbonyl (C=O) groups is 1. The van der Waals surface area contributed by atoms with Crippen molar-refractivity contribution in [1.82, 2.24) is 15.3 Å². The summed E-state index contributed by atoms with van der Waals surface area (Å²) in [6.07, 6.45) is 3.47. The molecule has 3 N–H and O–H groups in total. The summed E-state index contributed by atoms with van der Waals surface area (Å²) in [5.74, 6) is 1.03.